The largest absolute Gasteiger partial charge is 0.493 e. The Hall–Kier alpha value is -3.50. The molecule has 1 unspecified atom stereocenters. The van der Waals surface area contributed by atoms with E-state index in [1.54, 1.807) is 20.8 Å². The normalized spacial score (nSPS) is 11.6. The van der Waals surface area contributed by atoms with E-state index in [-0.39, 0.29) is 17.1 Å². The molecule has 0 fully saturated rings. The molecule has 0 aliphatic rings. The molecule has 1 aromatic rings. The van der Waals surface area contributed by atoms with Crippen LogP contribution >= 0.6 is 0 Å². The van der Waals surface area contributed by atoms with Crippen LogP contribution in [-0.4, -0.2) is 63.3 Å². The number of methoxy groups -OCH3 is 3. The number of amides is 4. The van der Waals surface area contributed by atoms with Crippen molar-refractivity contribution in [1.29, 1.82) is 0 Å². The third-order valence-electron chi connectivity index (χ3n) is 3.72. The Morgan fingerprint density at radius 3 is 1.97 bits per heavy atom. The van der Waals surface area contributed by atoms with Crippen LogP contribution in [0.25, 0.3) is 0 Å². The Morgan fingerprint density at radius 1 is 0.968 bits per heavy atom. The molecule has 1 rings (SSSR count). The van der Waals surface area contributed by atoms with Gasteiger partial charge in [0, 0.05) is 11.1 Å². The lowest BCUT2D eigenvalue weighted by Gasteiger charge is -2.21. The van der Waals surface area contributed by atoms with Crippen LogP contribution in [0.3, 0.4) is 0 Å². The van der Waals surface area contributed by atoms with E-state index in [0.717, 1.165) is 0 Å². The number of rotatable bonds is 8. The van der Waals surface area contributed by atoms with Gasteiger partial charge >= 0.3 is 12.0 Å². The summed E-state index contributed by atoms with van der Waals surface area (Å²) in [7, 11) is 4.25. The van der Waals surface area contributed by atoms with Gasteiger partial charge in [0.1, 0.15) is 6.54 Å². The first-order chi connectivity index (χ1) is 14.4. The monoisotopic (exact) mass is 439 g/mol. The van der Waals surface area contributed by atoms with Gasteiger partial charge in [-0.05, 0) is 39.8 Å². The SMILES string of the molecule is COc1cc(C(=O)NCC(=O)OC(C)C(=O)NC(=O)NC(C)(C)C)cc(OC)c1OC. The van der Waals surface area contributed by atoms with Gasteiger partial charge in [0.2, 0.25) is 5.75 Å². The highest BCUT2D eigenvalue weighted by atomic mass is 16.5. The van der Waals surface area contributed by atoms with Crippen LogP contribution in [0.4, 0.5) is 4.79 Å². The van der Waals surface area contributed by atoms with Gasteiger partial charge in [-0.25, -0.2) is 4.79 Å². The van der Waals surface area contributed by atoms with Gasteiger partial charge in [0.15, 0.2) is 17.6 Å². The lowest BCUT2D eigenvalue weighted by atomic mass is 10.1. The van der Waals surface area contributed by atoms with Gasteiger partial charge in [0.05, 0.1) is 21.3 Å². The number of imide groups is 1. The van der Waals surface area contributed by atoms with Gasteiger partial charge in [-0.2, -0.15) is 0 Å². The number of hydrogen-bond donors (Lipinski definition) is 3. The zero-order chi connectivity index (χ0) is 23.8. The highest BCUT2D eigenvalue weighted by molar-refractivity contribution is 5.98. The first-order valence-corrected chi connectivity index (χ1v) is 9.32. The van der Waals surface area contributed by atoms with E-state index in [0.29, 0.717) is 5.75 Å². The molecule has 0 spiro atoms. The van der Waals surface area contributed by atoms with Crippen molar-refractivity contribution >= 4 is 23.8 Å². The van der Waals surface area contributed by atoms with Crippen molar-refractivity contribution in [2.45, 2.75) is 39.3 Å². The van der Waals surface area contributed by atoms with Crippen LogP contribution < -0.4 is 30.2 Å². The number of benzene rings is 1. The maximum Gasteiger partial charge on any atom is 0.326 e. The van der Waals surface area contributed by atoms with E-state index in [1.165, 1.54) is 40.4 Å². The molecule has 1 atom stereocenters. The Kier molecular flexibility index (Phi) is 9.10. The molecule has 0 aliphatic heterocycles. The standard InChI is InChI=1S/C20H29N3O8/c1-11(17(25)22-19(27)23-20(2,3)4)31-15(24)10-21-18(26)12-8-13(28-5)16(30-7)14(9-12)29-6/h8-9,11H,10H2,1-7H3,(H,21,26)(H2,22,23,25,27). The Bertz CT molecular complexity index is 807. The number of ether oxygens (including phenoxy) is 4. The summed E-state index contributed by atoms with van der Waals surface area (Å²) in [6.07, 6.45) is -1.24. The lowest BCUT2D eigenvalue weighted by molar-refractivity contribution is -0.153. The van der Waals surface area contributed by atoms with Gasteiger partial charge in [-0.15, -0.1) is 0 Å². The second kappa shape index (κ2) is 11.0. The quantitative estimate of drug-likeness (QED) is 0.510. The molecule has 11 nitrogen and oxygen atoms in total. The highest BCUT2D eigenvalue weighted by Crippen LogP contribution is 2.38. The third-order valence-corrected chi connectivity index (χ3v) is 3.72. The predicted molar refractivity (Wildman–Crippen MR) is 110 cm³/mol. The van der Waals surface area contributed by atoms with Gasteiger partial charge < -0.3 is 29.6 Å². The molecule has 0 aliphatic carbocycles. The van der Waals surface area contributed by atoms with Crippen molar-refractivity contribution in [1.82, 2.24) is 16.0 Å². The number of urea groups is 1. The summed E-state index contributed by atoms with van der Waals surface area (Å²) in [6, 6.07) is 2.13. The second-order valence-corrected chi connectivity index (χ2v) is 7.42. The van der Waals surface area contributed by atoms with Crippen molar-refractivity contribution in [2.75, 3.05) is 27.9 Å². The summed E-state index contributed by atoms with van der Waals surface area (Å²) in [6.45, 7) is 6.05. The maximum absolute atomic E-state index is 12.4. The second-order valence-electron chi connectivity index (χ2n) is 7.42. The molecule has 3 N–H and O–H groups in total. The molecule has 172 valence electrons. The first-order valence-electron chi connectivity index (χ1n) is 9.32. The Labute approximate surface area is 180 Å². The van der Waals surface area contributed by atoms with Crippen molar-refractivity contribution in [3.8, 4) is 17.2 Å². The van der Waals surface area contributed by atoms with Crippen LogP contribution in [0.2, 0.25) is 0 Å². The molecule has 0 saturated carbocycles. The van der Waals surface area contributed by atoms with Crippen LogP contribution in [0.15, 0.2) is 12.1 Å². The van der Waals surface area contributed by atoms with Crippen LogP contribution in [0, 0.1) is 0 Å². The van der Waals surface area contributed by atoms with Crippen molar-refractivity contribution in [3.63, 3.8) is 0 Å². The van der Waals surface area contributed by atoms with Crippen LogP contribution in [-0.2, 0) is 14.3 Å². The number of carbonyl (C=O) groups is 4. The average Bonchev–Trinajstić information content (AvgIpc) is 2.68. The Morgan fingerprint density at radius 2 is 1.52 bits per heavy atom. The van der Waals surface area contributed by atoms with Gasteiger partial charge in [-0.1, -0.05) is 0 Å². The van der Waals surface area contributed by atoms with Gasteiger partial charge in [-0.3, -0.25) is 19.7 Å². The van der Waals surface area contributed by atoms with Crippen molar-refractivity contribution < 1.29 is 38.1 Å². The molecular weight excluding hydrogens is 410 g/mol. The molecular formula is C20H29N3O8. The number of esters is 1. The van der Waals surface area contributed by atoms with E-state index < -0.39 is 42.0 Å². The molecule has 0 bridgehead atoms. The summed E-state index contributed by atoms with van der Waals surface area (Å²) in [5.74, 6) is -1.40. The zero-order valence-electron chi connectivity index (χ0n) is 18.7. The maximum atomic E-state index is 12.4. The van der Waals surface area contributed by atoms with E-state index in [1.807, 2.05) is 0 Å². The Balaban J connectivity index is 2.65. The summed E-state index contributed by atoms with van der Waals surface area (Å²) in [5.41, 5.74) is -0.381. The minimum absolute atomic E-state index is 0.159. The molecule has 0 radical (unpaired) electrons. The lowest BCUT2D eigenvalue weighted by Crippen LogP contribution is -2.50. The number of hydrogen-bond acceptors (Lipinski definition) is 8. The molecule has 0 heterocycles. The first kappa shape index (κ1) is 25.5. The molecule has 1 aromatic carbocycles. The summed E-state index contributed by atoms with van der Waals surface area (Å²) in [4.78, 5) is 48.0. The van der Waals surface area contributed by atoms with E-state index in [9.17, 15) is 19.2 Å². The average molecular weight is 439 g/mol. The van der Waals surface area contributed by atoms with Crippen LogP contribution in [0.5, 0.6) is 17.2 Å². The third kappa shape index (κ3) is 8.03. The smallest absolute Gasteiger partial charge is 0.326 e. The minimum Gasteiger partial charge on any atom is -0.493 e. The number of nitrogens with one attached hydrogen (secondary N) is 3. The van der Waals surface area contributed by atoms with E-state index in [2.05, 4.69) is 16.0 Å². The highest BCUT2D eigenvalue weighted by Gasteiger charge is 2.23. The molecule has 31 heavy (non-hydrogen) atoms. The molecule has 11 heteroatoms. The zero-order valence-corrected chi connectivity index (χ0v) is 18.7. The fourth-order valence-corrected chi connectivity index (χ4v) is 2.34. The molecule has 0 aromatic heterocycles. The molecule has 0 saturated heterocycles. The van der Waals surface area contributed by atoms with Gasteiger partial charge in [0.25, 0.3) is 11.8 Å². The predicted octanol–water partition coefficient (Wildman–Crippen LogP) is 0.998. The van der Waals surface area contributed by atoms with Crippen molar-refractivity contribution in [3.05, 3.63) is 17.7 Å². The fraction of sp³-hybridized carbons (Fsp3) is 0.500. The topological polar surface area (TPSA) is 141 Å². The summed E-state index contributed by atoms with van der Waals surface area (Å²) >= 11 is 0. The molecule has 4 amide bonds. The van der Waals surface area contributed by atoms with Crippen molar-refractivity contribution in [2.24, 2.45) is 0 Å². The van der Waals surface area contributed by atoms with E-state index in [4.69, 9.17) is 18.9 Å². The summed E-state index contributed by atoms with van der Waals surface area (Å²) in [5, 5.41) is 7.00. The fourth-order valence-electron chi connectivity index (χ4n) is 2.34. The van der Waals surface area contributed by atoms with Crippen LogP contribution in [0.1, 0.15) is 38.1 Å². The minimum atomic E-state index is -1.24. The number of carbonyl (C=O) groups excluding carboxylic acids is 4. The summed E-state index contributed by atoms with van der Waals surface area (Å²) < 4.78 is 20.5. The van der Waals surface area contributed by atoms with E-state index >= 15 is 0 Å².